The van der Waals surface area contributed by atoms with E-state index in [2.05, 4.69) is 23.8 Å². The van der Waals surface area contributed by atoms with E-state index in [1.165, 1.54) is 38.8 Å². The molecule has 0 aromatic rings. The summed E-state index contributed by atoms with van der Waals surface area (Å²) in [7, 11) is 6.13. The lowest BCUT2D eigenvalue weighted by Gasteiger charge is -2.52. The summed E-state index contributed by atoms with van der Waals surface area (Å²) in [5.41, 5.74) is 0.374. The molecule has 0 aromatic carbocycles. The quantitative estimate of drug-likeness (QED) is 0.687. The lowest BCUT2D eigenvalue weighted by Crippen LogP contribution is -2.55. The third kappa shape index (κ3) is 4.36. The molecule has 3 rings (SSSR count). The first-order chi connectivity index (χ1) is 11.7. The number of amides is 1. The molecular weight excluding hydrogens is 312 g/mol. The van der Waals surface area contributed by atoms with Crippen LogP contribution >= 0.6 is 0 Å². The summed E-state index contributed by atoms with van der Waals surface area (Å²) in [6.07, 6.45) is 6.16. The number of likely N-dealkylation sites (tertiary alicyclic amines) is 2. The van der Waals surface area contributed by atoms with Crippen molar-refractivity contribution in [2.24, 2.45) is 5.41 Å². The number of hydrogen-bond donors (Lipinski definition) is 0. The van der Waals surface area contributed by atoms with E-state index >= 15 is 0 Å². The molecule has 1 amide bonds. The Kier molecular flexibility index (Phi) is 5.46. The van der Waals surface area contributed by atoms with Crippen molar-refractivity contribution in [3.8, 4) is 0 Å². The first kappa shape index (κ1) is 19.1. The van der Waals surface area contributed by atoms with Gasteiger partial charge >= 0.3 is 6.09 Å². The molecule has 3 fully saturated rings. The Labute approximate surface area is 155 Å². The normalized spacial score (nSPS) is 31.5. The fraction of sp³-hybridized carbons (Fsp3) is 0.944. The molecule has 0 atom stereocenters. The summed E-state index contributed by atoms with van der Waals surface area (Å²) in [5, 5.41) is -0.398. The molecule has 2 aliphatic heterocycles. The summed E-state index contributed by atoms with van der Waals surface area (Å²) in [6, 6.07) is 1.51. The van der Waals surface area contributed by atoms with E-state index in [-0.39, 0.29) is 6.09 Å². The van der Waals surface area contributed by atoms with Crippen LogP contribution in [0.3, 0.4) is 0 Å². The Balaban J connectivity index is 1.43. The minimum Gasteiger partial charge on any atom is -0.462 e. The molecule has 0 unspecified atom stereocenters. The first-order valence-corrected chi connectivity index (χ1v) is 10.1. The SMILES string of the molecule is BC(B)(C)OC(=O)N1CCC2(CC(N3CCC(N(C)CC)CC3)C2)C1. The van der Waals surface area contributed by atoms with Gasteiger partial charge in [0, 0.05) is 30.6 Å². The maximum atomic E-state index is 12.3. The topological polar surface area (TPSA) is 36.0 Å². The van der Waals surface area contributed by atoms with E-state index in [4.69, 9.17) is 4.74 Å². The van der Waals surface area contributed by atoms with E-state index in [1.807, 2.05) is 27.5 Å². The van der Waals surface area contributed by atoms with Gasteiger partial charge in [0.25, 0.3) is 0 Å². The predicted octanol–water partition coefficient (Wildman–Crippen LogP) is 0.334. The highest BCUT2D eigenvalue weighted by Gasteiger charge is 2.51. The summed E-state index contributed by atoms with van der Waals surface area (Å²) < 4.78 is 5.54. The number of carbonyl (C=O) groups excluding carboxylic acids is 1. The van der Waals surface area contributed by atoms with Crippen molar-refractivity contribution < 1.29 is 9.53 Å². The van der Waals surface area contributed by atoms with E-state index in [1.54, 1.807) is 0 Å². The summed E-state index contributed by atoms with van der Waals surface area (Å²) in [5.74, 6) is 0. The first-order valence-electron chi connectivity index (χ1n) is 10.1. The molecule has 25 heavy (non-hydrogen) atoms. The van der Waals surface area contributed by atoms with E-state index < -0.39 is 5.40 Å². The van der Waals surface area contributed by atoms with Crippen molar-refractivity contribution in [2.45, 2.75) is 63.4 Å². The lowest BCUT2D eigenvalue weighted by molar-refractivity contribution is -0.0141. The molecular formula is C18H35B2N3O2. The second-order valence-corrected chi connectivity index (χ2v) is 9.55. The Bertz CT molecular complexity index is 483. The number of rotatable bonds is 4. The van der Waals surface area contributed by atoms with Gasteiger partial charge in [-0.1, -0.05) is 6.92 Å². The van der Waals surface area contributed by atoms with Crippen LogP contribution in [-0.4, -0.2) is 93.7 Å². The fourth-order valence-electron chi connectivity index (χ4n) is 4.90. The molecule has 2 saturated heterocycles. The molecule has 7 heteroatoms. The number of ether oxygens (including phenoxy) is 1. The van der Waals surface area contributed by atoms with Gasteiger partial charge in [0.2, 0.25) is 0 Å². The minimum atomic E-state index is -0.398. The van der Waals surface area contributed by atoms with E-state index in [0.717, 1.165) is 38.1 Å². The second kappa shape index (κ2) is 7.15. The van der Waals surface area contributed by atoms with Crippen molar-refractivity contribution in [3.63, 3.8) is 0 Å². The van der Waals surface area contributed by atoms with Gasteiger partial charge in [-0.2, -0.15) is 0 Å². The van der Waals surface area contributed by atoms with Gasteiger partial charge in [0.1, 0.15) is 15.7 Å². The summed E-state index contributed by atoms with van der Waals surface area (Å²) >= 11 is 0. The average molecular weight is 347 g/mol. The van der Waals surface area contributed by atoms with Crippen molar-refractivity contribution in [2.75, 3.05) is 39.8 Å². The monoisotopic (exact) mass is 347 g/mol. The fourth-order valence-corrected chi connectivity index (χ4v) is 4.90. The highest BCUT2D eigenvalue weighted by molar-refractivity contribution is 6.39. The van der Waals surface area contributed by atoms with Gasteiger partial charge in [-0.25, -0.2) is 4.79 Å². The van der Waals surface area contributed by atoms with Crippen LogP contribution < -0.4 is 0 Å². The number of hydrogen-bond acceptors (Lipinski definition) is 4. The summed E-state index contributed by atoms with van der Waals surface area (Å²) in [6.45, 7) is 9.58. The highest BCUT2D eigenvalue weighted by atomic mass is 16.6. The molecule has 1 spiro atoms. The minimum absolute atomic E-state index is 0.128. The van der Waals surface area contributed by atoms with Crippen LogP contribution in [0.4, 0.5) is 4.79 Å². The Hall–Kier alpha value is -0.680. The van der Waals surface area contributed by atoms with E-state index in [0.29, 0.717) is 5.41 Å². The number of nitrogens with zero attached hydrogens (tertiary/aromatic N) is 3. The Morgan fingerprint density at radius 1 is 1.28 bits per heavy atom. The van der Waals surface area contributed by atoms with Crippen LogP contribution in [0.25, 0.3) is 0 Å². The molecule has 0 radical (unpaired) electrons. The Morgan fingerprint density at radius 3 is 2.48 bits per heavy atom. The third-order valence-corrected chi connectivity index (χ3v) is 6.56. The highest BCUT2D eigenvalue weighted by Crippen LogP contribution is 2.50. The van der Waals surface area contributed by atoms with Gasteiger partial charge in [-0.05, 0) is 71.1 Å². The summed E-state index contributed by atoms with van der Waals surface area (Å²) in [4.78, 5) is 19.4. The van der Waals surface area contributed by atoms with Gasteiger partial charge in [-0.15, -0.1) is 0 Å². The van der Waals surface area contributed by atoms with Gasteiger partial charge in [0.15, 0.2) is 0 Å². The average Bonchev–Trinajstić information content (AvgIpc) is 2.97. The van der Waals surface area contributed by atoms with Crippen LogP contribution in [0.2, 0.25) is 0 Å². The van der Waals surface area contributed by atoms with Crippen LogP contribution in [0, 0.1) is 5.41 Å². The van der Waals surface area contributed by atoms with Crippen LogP contribution in [0.1, 0.15) is 46.0 Å². The molecule has 5 nitrogen and oxygen atoms in total. The van der Waals surface area contributed by atoms with Gasteiger partial charge in [-0.3, -0.25) is 0 Å². The van der Waals surface area contributed by atoms with Gasteiger partial charge in [0.05, 0.1) is 0 Å². The van der Waals surface area contributed by atoms with Crippen LogP contribution in [-0.2, 0) is 4.74 Å². The number of carbonyl (C=O) groups is 1. The number of piperidine rings is 1. The molecule has 0 N–H and O–H groups in total. The molecule has 3 aliphatic rings. The molecule has 140 valence electrons. The second-order valence-electron chi connectivity index (χ2n) is 9.55. The van der Waals surface area contributed by atoms with Crippen LogP contribution in [0.5, 0.6) is 0 Å². The maximum Gasteiger partial charge on any atom is 0.408 e. The molecule has 1 aliphatic carbocycles. The molecule has 0 bridgehead atoms. The largest absolute Gasteiger partial charge is 0.462 e. The standard InChI is InChI=1S/C18H35B2N3O2/c1-4-21(3)14-5-8-22(9-6-14)15-11-18(12-15)7-10-23(13-18)16(24)25-17(2,19)20/h14-15H,4-13,19-20H2,1-3H3. The third-order valence-electron chi connectivity index (χ3n) is 6.56. The molecule has 1 saturated carbocycles. The van der Waals surface area contributed by atoms with Crippen molar-refractivity contribution in [1.82, 2.24) is 14.7 Å². The molecule has 0 aromatic heterocycles. The van der Waals surface area contributed by atoms with Crippen LogP contribution in [0.15, 0.2) is 0 Å². The molecule has 2 heterocycles. The van der Waals surface area contributed by atoms with Crippen molar-refractivity contribution >= 4 is 21.8 Å². The predicted molar refractivity (Wildman–Crippen MR) is 107 cm³/mol. The lowest BCUT2D eigenvalue weighted by atomic mass is 9.64. The zero-order chi connectivity index (χ0) is 18.2. The zero-order valence-corrected chi connectivity index (χ0v) is 16.9. The van der Waals surface area contributed by atoms with E-state index in [9.17, 15) is 4.79 Å². The van der Waals surface area contributed by atoms with Gasteiger partial charge < -0.3 is 19.4 Å². The smallest absolute Gasteiger partial charge is 0.408 e. The zero-order valence-electron chi connectivity index (χ0n) is 16.9. The maximum absolute atomic E-state index is 12.3. The Morgan fingerprint density at radius 2 is 1.92 bits per heavy atom. The van der Waals surface area contributed by atoms with Crippen molar-refractivity contribution in [1.29, 1.82) is 0 Å². The van der Waals surface area contributed by atoms with Crippen molar-refractivity contribution in [3.05, 3.63) is 0 Å².